The van der Waals surface area contributed by atoms with Crippen LogP contribution in [0.25, 0.3) is 0 Å². The van der Waals surface area contributed by atoms with Gasteiger partial charge in [-0.05, 0) is 31.2 Å². The molecule has 2 aromatic carbocycles. The summed E-state index contributed by atoms with van der Waals surface area (Å²) in [6, 6.07) is 11.4. The molecule has 0 aliphatic heterocycles. The van der Waals surface area contributed by atoms with Crippen molar-refractivity contribution in [2.75, 3.05) is 12.8 Å². The number of nitrogens with zero attached hydrogens (tertiary/aromatic N) is 1. The van der Waals surface area contributed by atoms with Gasteiger partial charge in [0.2, 0.25) is 0 Å². The van der Waals surface area contributed by atoms with Crippen LogP contribution >= 0.6 is 11.6 Å². The van der Waals surface area contributed by atoms with E-state index in [1.165, 1.54) is 4.90 Å². The molecule has 0 aliphatic rings. The summed E-state index contributed by atoms with van der Waals surface area (Å²) in [4.78, 5) is 14.1. The number of hydrogen-bond donors (Lipinski definition) is 2. The highest BCUT2D eigenvalue weighted by molar-refractivity contribution is 6.31. The first kappa shape index (κ1) is 15.2. The average molecular weight is 305 g/mol. The van der Waals surface area contributed by atoms with Crippen molar-refractivity contribution >= 4 is 23.2 Å². The number of carbonyl (C=O) groups excluding carboxylic acids is 1. The van der Waals surface area contributed by atoms with Crippen LogP contribution in [0.4, 0.5) is 5.69 Å². The van der Waals surface area contributed by atoms with E-state index in [1.807, 2.05) is 13.0 Å². The monoisotopic (exact) mass is 304 g/mol. The Morgan fingerprint density at radius 2 is 1.95 bits per heavy atom. The van der Waals surface area contributed by atoms with Crippen molar-refractivity contribution in [3.63, 3.8) is 0 Å². The Balaban J connectivity index is 2.29. The first-order valence-electron chi connectivity index (χ1n) is 6.52. The molecular weight excluding hydrogens is 288 g/mol. The minimum atomic E-state index is -0.284. The van der Waals surface area contributed by atoms with Gasteiger partial charge in [0.1, 0.15) is 5.75 Å². The van der Waals surface area contributed by atoms with Crippen LogP contribution in [0.2, 0.25) is 5.02 Å². The van der Waals surface area contributed by atoms with Gasteiger partial charge in [-0.1, -0.05) is 29.8 Å². The number of halogens is 1. The van der Waals surface area contributed by atoms with Crippen molar-refractivity contribution in [3.05, 3.63) is 58.6 Å². The molecule has 1 amide bonds. The summed E-state index contributed by atoms with van der Waals surface area (Å²) in [5.41, 5.74) is 7.26. The first-order valence-corrected chi connectivity index (χ1v) is 6.89. The normalized spacial score (nSPS) is 12.0. The van der Waals surface area contributed by atoms with Crippen LogP contribution < -0.4 is 5.73 Å². The van der Waals surface area contributed by atoms with Gasteiger partial charge in [-0.15, -0.1) is 0 Å². The fraction of sp³-hybridized carbons (Fsp3) is 0.188. The minimum absolute atomic E-state index is 0.161. The average Bonchev–Trinajstić information content (AvgIpc) is 2.45. The molecule has 3 N–H and O–H groups in total. The number of phenolic OH excluding ortho intramolecular Hbond substituents is 1. The van der Waals surface area contributed by atoms with E-state index in [1.54, 1.807) is 43.4 Å². The number of aromatic hydroxyl groups is 1. The maximum atomic E-state index is 12.5. The van der Waals surface area contributed by atoms with Crippen molar-refractivity contribution in [1.29, 1.82) is 0 Å². The largest absolute Gasteiger partial charge is 0.508 e. The second-order valence-electron chi connectivity index (χ2n) is 4.88. The number of amides is 1. The highest BCUT2D eigenvalue weighted by Gasteiger charge is 2.22. The fourth-order valence-electron chi connectivity index (χ4n) is 2.14. The summed E-state index contributed by atoms with van der Waals surface area (Å²) in [5, 5.41) is 10.4. The Kier molecular flexibility index (Phi) is 4.38. The summed E-state index contributed by atoms with van der Waals surface area (Å²) in [6.07, 6.45) is 0. The highest BCUT2D eigenvalue weighted by Crippen LogP contribution is 2.29. The van der Waals surface area contributed by atoms with Gasteiger partial charge in [0.25, 0.3) is 5.91 Å². The van der Waals surface area contributed by atoms with Gasteiger partial charge in [0.15, 0.2) is 0 Å². The van der Waals surface area contributed by atoms with Gasteiger partial charge in [-0.25, -0.2) is 0 Å². The molecule has 2 aromatic rings. The van der Waals surface area contributed by atoms with Crippen LogP contribution in [0, 0.1) is 0 Å². The molecule has 2 rings (SSSR count). The van der Waals surface area contributed by atoms with E-state index in [-0.39, 0.29) is 17.7 Å². The molecule has 21 heavy (non-hydrogen) atoms. The maximum Gasteiger partial charge on any atom is 0.256 e. The number of benzene rings is 2. The van der Waals surface area contributed by atoms with Gasteiger partial charge in [0.05, 0.1) is 11.6 Å². The maximum absolute atomic E-state index is 12.5. The molecule has 0 saturated heterocycles. The second kappa shape index (κ2) is 6.06. The van der Waals surface area contributed by atoms with E-state index in [2.05, 4.69) is 0 Å². The van der Waals surface area contributed by atoms with E-state index >= 15 is 0 Å². The summed E-state index contributed by atoms with van der Waals surface area (Å²) in [6.45, 7) is 1.85. The molecule has 1 atom stereocenters. The quantitative estimate of drug-likeness (QED) is 0.853. The number of nitrogen functional groups attached to an aromatic ring is 1. The topological polar surface area (TPSA) is 66.6 Å². The van der Waals surface area contributed by atoms with E-state index in [4.69, 9.17) is 17.3 Å². The van der Waals surface area contributed by atoms with Crippen molar-refractivity contribution in [2.45, 2.75) is 13.0 Å². The van der Waals surface area contributed by atoms with Crippen molar-refractivity contribution < 1.29 is 9.90 Å². The predicted molar refractivity (Wildman–Crippen MR) is 84.5 cm³/mol. The van der Waals surface area contributed by atoms with Gasteiger partial charge < -0.3 is 15.7 Å². The molecule has 5 heteroatoms. The van der Waals surface area contributed by atoms with Crippen LogP contribution in [0.3, 0.4) is 0 Å². The molecule has 0 heterocycles. The number of rotatable bonds is 3. The van der Waals surface area contributed by atoms with Crippen LogP contribution in [0.5, 0.6) is 5.75 Å². The SMILES string of the molecule is CC(c1ccccc1O)N(C)C(=O)c1ccc(Cl)cc1N. The third-order valence-electron chi connectivity index (χ3n) is 3.53. The van der Waals surface area contributed by atoms with Gasteiger partial charge >= 0.3 is 0 Å². The van der Waals surface area contributed by atoms with Crippen molar-refractivity contribution in [3.8, 4) is 5.75 Å². The van der Waals surface area contributed by atoms with E-state index in [9.17, 15) is 9.90 Å². The lowest BCUT2D eigenvalue weighted by Gasteiger charge is -2.26. The molecule has 1 unspecified atom stereocenters. The Morgan fingerprint density at radius 1 is 1.29 bits per heavy atom. The fourth-order valence-corrected chi connectivity index (χ4v) is 2.32. The van der Waals surface area contributed by atoms with Gasteiger partial charge in [-0.3, -0.25) is 4.79 Å². The van der Waals surface area contributed by atoms with E-state index in [0.29, 0.717) is 21.8 Å². The molecule has 0 spiro atoms. The highest BCUT2D eigenvalue weighted by atomic mass is 35.5. The molecule has 0 aromatic heterocycles. The predicted octanol–water partition coefficient (Wildman–Crippen LogP) is 3.46. The number of phenols is 1. The smallest absolute Gasteiger partial charge is 0.256 e. The molecule has 110 valence electrons. The molecule has 0 saturated carbocycles. The Bertz CT molecular complexity index is 673. The lowest BCUT2D eigenvalue weighted by atomic mass is 10.0. The summed E-state index contributed by atoms with van der Waals surface area (Å²) < 4.78 is 0. The second-order valence-corrected chi connectivity index (χ2v) is 5.32. The Morgan fingerprint density at radius 3 is 2.57 bits per heavy atom. The number of hydrogen-bond acceptors (Lipinski definition) is 3. The van der Waals surface area contributed by atoms with Crippen LogP contribution in [0.15, 0.2) is 42.5 Å². The van der Waals surface area contributed by atoms with Crippen molar-refractivity contribution in [2.24, 2.45) is 0 Å². The number of carbonyl (C=O) groups is 1. The summed E-state index contributed by atoms with van der Waals surface area (Å²) in [5.74, 6) is -0.0614. The zero-order valence-corrected chi connectivity index (χ0v) is 12.6. The van der Waals surface area contributed by atoms with Crippen LogP contribution in [-0.2, 0) is 0 Å². The molecule has 0 bridgehead atoms. The summed E-state index contributed by atoms with van der Waals surface area (Å²) >= 11 is 5.84. The zero-order chi connectivity index (χ0) is 15.6. The third kappa shape index (κ3) is 3.11. The third-order valence-corrected chi connectivity index (χ3v) is 3.77. The molecule has 4 nitrogen and oxygen atoms in total. The van der Waals surface area contributed by atoms with E-state index < -0.39 is 0 Å². The molecule has 0 aliphatic carbocycles. The summed E-state index contributed by atoms with van der Waals surface area (Å²) in [7, 11) is 1.67. The van der Waals surface area contributed by atoms with Crippen LogP contribution in [0.1, 0.15) is 28.9 Å². The first-order chi connectivity index (χ1) is 9.91. The van der Waals surface area contributed by atoms with Gasteiger partial charge in [-0.2, -0.15) is 0 Å². The Labute approximate surface area is 128 Å². The Hall–Kier alpha value is -2.20. The minimum Gasteiger partial charge on any atom is -0.508 e. The number of nitrogens with two attached hydrogens (primary N) is 1. The van der Waals surface area contributed by atoms with Crippen LogP contribution in [-0.4, -0.2) is 23.0 Å². The zero-order valence-electron chi connectivity index (χ0n) is 11.9. The lowest BCUT2D eigenvalue weighted by Crippen LogP contribution is -2.30. The molecule has 0 fully saturated rings. The van der Waals surface area contributed by atoms with Crippen molar-refractivity contribution in [1.82, 2.24) is 4.90 Å². The number of para-hydroxylation sites is 1. The lowest BCUT2D eigenvalue weighted by molar-refractivity contribution is 0.0742. The standard InChI is InChI=1S/C16H17ClN2O2/c1-10(12-5-3-4-6-15(12)20)19(2)16(21)13-8-7-11(17)9-14(13)18/h3-10,20H,18H2,1-2H3. The van der Waals surface area contributed by atoms with Gasteiger partial charge in [0, 0.05) is 23.3 Å². The van der Waals surface area contributed by atoms with E-state index in [0.717, 1.165) is 0 Å². The molecule has 0 radical (unpaired) electrons. The molecular formula is C16H17ClN2O2. The number of anilines is 1.